The summed E-state index contributed by atoms with van der Waals surface area (Å²) in [7, 11) is 0. The van der Waals surface area contributed by atoms with Gasteiger partial charge < -0.3 is 10.0 Å². The molecule has 1 saturated heterocycles. The molecule has 2 amide bonds. The number of nitrogens with zero attached hydrogens (tertiary/aromatic N) is 4. The number of anilines is 1. The molecule has 33 heavy (non-hydrogen) atoms. The molecule has 1 N–H and O–H groups in total. The molecule has 0 saturated carbocycles. The Morgan fingerprint density at radius 3 is 2.12 bits per heavy atom. The van der Waals surface area contributed by atoms with Gasteiger partial charge in [-0.2, -0.15) is 0 Å². The molecule has 3 heterocycles. The molecule has 8 heteroatoms. The number of rotatable bonds is 4. The average Bonchev–Trinajstić information content (AvgIpc) is 3.06. The van der Waals surface area contributed by atoms with E-state index in [1.807, 2.05) is 11.8 Å². The number of carbonyl (C=O) groups excluding carboxylic acids is 2. The van der Waals surface area contributed by atoms with Crippen LogP contribution in [0.2, 0.25) is 0 Å². The number of fused-ring (bicyclic) bond motifs is 1. The minimum absolute atomic E-state index is 0.154. The minimum Gasteiger partial charge on any atom is -0.390 e. The number of aliphatic hydroxyl groups is 1. The van der Waals surface area contributed by atoms with Gasteiger partial charge >= 0.3 is 0 Å². The van der Waals surface area contributed by atoms with Crippen molar-refractivity contribution in [1.29, 1.82) is 0 Å². The molecule has 0 radical (unpaired) electrons. The Bertz CT molecular complexity index is 1200. The molecular formula is C25H23FN4O3. The Kier molecular flexibility index (Phi) is 5.17. The third-order valence-corrected chi connectivity index (χ3v) is 6.36. The Hall–Kier alpha value is -3.65. The third kappa shape index (κ3) is 3.87. The molecule has 0 aliphatic carbocycles. The molecular weight excluding hydrogens is 423 g/mol. The Balaban J connectivity index is 1.36. The van der Waals surface area contributed by atoms with Gasteiger partial charge in [-0.05, 0) is 31.9 Å². The highest BCUT2D eigenvalue weighted by Gasteiger charge is 2.35. The summed E-state index contributed by atoms with van der Waals surface area (Å²) >= 11 is 0. The van der Waals surface area contributed by atoms with Crippen molar-refractivity contribution in [2.24, 2.45) is 0 Å². The van der Waals surface area contributed by atoms with Crippen molar-refractivity contribution in [3.8, 4) is 11.1 Å². The Morgan fingerprint density at radius 1 is 0.939 bits per heavy atom. The van der Waals surface area contributed by atoms with Crippen LogP contribution in [0.1, 0.15) is 46.0 Å². The van der Waals surface area contributed by atoms with Crippen molar-refractivity contribution in [2.75, 3.05) is 18.0 Å². The van der Waals surface area contributed by atoms with Gasteiger partial charge in [-0.15, -0.1) is 0 Å². The first-order chi connectivity index (χ1) is 15.8. The van der Waals surface area contributed by atoms with Gasteiger partial charge in [0.05, 0.1) is 23.3 Å². The number of halogens is 1. The topological polar surface area (TPSA) is 86.6 Å². The number of piperidine rings is 1. The molecule has 5 rings (SSSR count). The van der Waals surface area contributed by atoms with E-state index >= 15 is 4.39 Å². The lowest BCUT2D eigenvalue weighted by Gasteiger charge is -2.35. The summed E-state index contributed by atoms with van der Waals surface area (Å²) in [6, 6.07) is 11.5. The zero-order valence-electron chi connectivity index (χ0n) is 18.2. The second-order valence-corrected chi connectivity index (χ2v) is 8.78. The van der Waals surface area contributed by atoms with Crippen LogP contribution in [0.5, 0.6) is 0 Å². The van der Waals surface area contributed by atoms with Crippen LogP contribution in [0.3, 0.4) is 0 Å². The van der Waals surface area contributed by atoms with Crippen molar-refractivity contribution < 1.29 is 19.1 Å². The number of carbonyl (C=O) groups is 2. The van der Waals surface area contributed by atoms with Crippen molar-refractivity contribution in [3.05, 3.63) is 77.4 Å². The summed E-state index contributed by atoms with van der Waals surface area (Å²) in [5.41, 5.74) is 1.05. The van der Waals surface area contributed by atoms with Crippen molar-refractivity contribution in [3.63, 3.8) is 0 Å². The summed E-state index contributed by atoms with van der Waals surface area (Å²) in [6.07, 6.45) is 4.40. The van der Waals surface area contributed by atoms with E-state index < -0.39 is 23.2 Å². The predicted octanol–water partition coefficient (Wildman–Crippen LogP) is 3.43. The van der Waals surface area contributed by atoms with E-state index in [9.17, 15) is 14.7 Å². The highest BCUT2D eigenvalue weighted by atomic mass is 19.1. The van der Waals surface area contributed by atoms with E-state index in [4.69, 9.17) is 0 Å². The van der Waals surface area contributed by atoms with Gasteiger partial charge in [0.25, 0.3) is 11.8 Å². The quantitative estimate of drug-likeness (QED) is 0.618. The molecule has 1 aromatic heterocycles. The summed E-state index contributed by atoms with van der Waals surface area (Å²) in [5, 5.41) is 10.1. The van der Waals surface area contributed by atoms with Crippen molar-refractivity contribution >= 4 is 17.8 Å². The smallest absolute Gasteiger partial charge is 0.261 e. The maximum atomic E-state index is 15.4. The molecule has 2 aromatic carbocycles. The standard InChI is InChI=1S/C25H23FN4O3/c1-25(33)9-11-29(12-10-25)24-27-13-17(14-28-24)18-8-4-5-16(21(18)26)15-30-22(31)19-6-2-3-7-20(19)23(30)32/h2-8,13-14,33H,9-12,15H2,1H3. The van der Waals surface area contributed by atoms with Gasteiger partial charge in [-0.25, -0.2) is 14.4 Å². The van der Waals surface area contributed by atoms with Crippen LogP contribution in [-0.2, 0) is 6.54 Å². The zero-order valence-corrected chi connectivity index (χ0v) is 18.2. The molecule has 0 unspecified atom stereocenters. The first kappa shape index (κ1) is 21.2. The Morgan fingerprint density at radius 2 is 1.52 bits per heavy atom. The highest BCUT2D eigenvalue weighted by Crippen LogP contribution is 2.29. The summed E-state index contributed by atoms with van der Waals surface area (Å²) in [4.78, 5) is 37.2. The number of hydrogen-bond donors (Lipinski definition) is 1. The van der Waals surface area contributed by atoms with Gasteiger partial charge in [0.15, 0.2) is 0 Å². The van der Waals surface area contributed by atoms with Crippen LogP contribution in [-0.4, -0.2) is 50.5 Å². The van der Waals surface area contributed by atoms with E-state index in [2.05, 4.69) is 9.97 Å². The Labute approximate surface area is 190 Å². The van der Waals surface area contributed by atoms with Crippen molar-refractivity contribution in [1.82, 2.24) is 14.9 Å². The third-order valence-electron chi connectivity index (χ3n) is 6.36. The minimum atomic E-state index is -0.667. The van der Waals surface area contributed by atoms with Gasteiger partial charge in [0.2, 0.25) is 5.95 Å². The van der Waals surface area contributed by atoms with Crippen LogP contribution in [0.25, 0.3) is 11.1 Å². The second-order valence-electron chi connectivity index (χ2n) is 8.78. The first-order valence-corrected chi connectivity index (χ1v) is 10.9. The average molecular weight is 446 g/mol. The van der Waals surface area contributed by atoms with Gasteiger partial charge in [0.1, 0.15) is 5.82 Å². The van der Waals surface area contributed by atoms with E-state index in [0.29, 0.717) is 54.1 Å². The van der Waals surface area contributed by atoms with Gasteiger partial charge in [-0.1, -0.05) is 30.3 Å². The van der Waals surface area contributed by atoms with E-state index in [1.54, 1.807) is 54.9 Å². The molecule has 3 aromatic rings. The number of benzene rings is 2. The lowest BCUT2D eigenvalue weighted by Crippen LogP contribution is -2.43. The fraction of sp³-hybridized carbons (Fsp3) is 0.280. The largest absolute Gasteiger partial charge is 0.390 e. The van der Waals surface area contributed by atoms with E-state index in [1.165, 1.54) is 0 Å². The maximum absolute atomic E-state index is 15.4. The molecule has 2 aliphatic heterocycles. The normalized spacial score (nSPS) is 17.4. The molecule has 168 valence electrons. The fourth-order valence-corrected chi connectivity index (χ4v) is 4.29. The van der Waals surface area contributed by atoms with Crippen LogP contribution in [0, 0.1) is 5.82 Å². The summed E-state index contributed by atoms with van der Waals surface area (Å²) < 4.78 is 15.4. The monoisotopic (exact) mass is 446 g/mol. The number of amides is 2. The predicted molar refractivity (Wildman–Crippen MR) is 120 cm³/mol. The van der Waals surface area contributed by atoms with E-state index in [-0.39, 0.29) is 12.1 Å². The number of aromatic nitrogens is 2. The summed E-state index contributed by atoms with van der Waals surface area (Å²) in [6.45, 7) is 2.97. The van der Waals surface area contributed by atoms with Crippen LogP contribution in [0.15, 0.2) is 54.9 Å². The molecule has 7 nitrogen and oxygen atoms in total. The molecule has 0 spiro atoms. The lowest BCUT2D eigenvalue weighted by molar-refractivity contribution is 0.0348. The highest BCUT2D eigenvalue weighted by molar-refractivity contribution is 6.21. The maximum Gasteiger partial charge on any atom is 0.261 e. The van der Waals surface area contributed by atoms with Crippen LogP contribution in [0.4, 0.5) is 10.3 Å². The second kappa shape index (κ2) is 8.04. The summed E-state index contributed by atoms with van der Waals surface area (Å²) in [5.74, 6) is -0.821. The van der Waals surface area contributed by atoms with Crippen molar-refractivity contribution in [2.45, 2.75) is 31.9 Å². The number of hydrogen-bond acceptors (Lipinski definition) is 6. The van der Waals surface area contributed by atoms with Gasteiger partial charge in [-0.3, -0.25) is 14.5 Å². The first-order valence-electron chi connectivity index (χ1n) is 10.9. The fourth-order valence-electron chi connectivity index (χ4n) is 4.29. The van der Waals surface area contributed by atoms with E-state index in [0.717, 1.165) is 4.90 Å². The zero-order chi connectivity index (χ0) is 23.2. The lowest BCUT2D eigenvalue weighted by atomic mass is 9.94. The van der Waals surface area contributed by atoms with Crippen LogP contribution >= 0.6 is 0 Å². The number of imide groups is 1. The molecule has 1 fully saturated rings. The molecule has 0 atom stereocenters. The molecule has 2 aliphatic rings. The van der Waals surface area contributed by atoms with Crippen LogP contribution < -0.4 is 4.90 Å². The van der Waals surface area contributed by atoms with Gasteiger partial charge in [0, 0.05) is 42.2 Å². The SMILES string of the molecule is CC1(O)CCN(c2ncc(-c3cccc(CN4C(=O)c5ccccc5C4=O)c3F)cn2)CC1. The molecule has 0 bridgehead atoms.